The Morgan fingerprint density at radius 1 is 1.53 bits per heavy atom. The van der Waals surface area contributed by atoms with Gasteiger partial charge in [-0.15, -0.1) is 0 Å². The summed E-state index contributed by atoms with van der Waals surface area (Å²) < 4.78 is 0. The van der Waals surface area contributed by atoms with E-state index in [1.165, 1.54) is 0 Å². The summed E-state index contributed by atoms with van der Waals surface area (Å²) in [5, 5.41) is 17.7. The molecule has 0 fully saturated rings. The predicted molar refractivity (Wildman–Crippen MR) is 73.6 cm³/mol. The molecule has 0 aliphatic heterocycles. The number of hydrogen-bond donors (Lipinski definition) is 1. The summed E-state index contributed by atoms with van der Waals surface area (Å²) in [7, 11) is 0. The minimum Gasteiger partial charge on any atom is -0.481 e. The molecule has 0 bridgehead atoms. The van der Waals surface area contributed by atoms with Gasteiger partial charge in [0.2, 0.25) is 0 Å². The fourth-order valence-corrected chi connectivity index (χ4v) is 1.93. The Balaban J connectivity index is 2.75. The fourth-order valence-electron chi connectivity index (χ4n) is 1.93. The lowest BCUT2D eigenvalue weighted by molar-refractivity contribution is -0.137. The number of carbonyl (C=O) groups is 1. The molecule has 102 valence electrons. The van der Waals surface area contributed by atoms with Gasteiger partial charge in [0.1, 0.15) is 0 Å². The van der Waals surface area contributed by atoms with Crippen molar-refractivity contribution in [2.75, 3.05) is 6.54 Å². The van der Waals surface area contributed by atoms with E-state index in [-0.39, 0.29) is 6.42 Å². The molecule has 1 aromatic carbocycles. The van der Waals surface area contributed by atoms with Crippen LogP contribution in [0.25, 0.3) is 0 Å². The van der Waals surface area contributed by atoms with Crippen molar-refractivity contribution >= 4 is 5.97 Å². The highest BCUT2D eigenvalue weighted by atomic mass is 16.4. The third kappa shape index (κ3) is 5.11. The maximum Gasteiger partial charge on any atom is 0.304 e. The van der Waals surface area contributed by atoms with Gasteiger partial charge in [-0.25, -0.2) is 0 Å². The number of benzene rings is 1. The quantitative estimate of drug-likeness (QED) is 0.818. The van der Waals surface area contributed by atoms with Gasteiger partial charge < -0.3 is 5.11 Å². The van der Waals surface area contributed by atoms with Crippen molar-refractivity contribution in [2.24, 2.45) is 0 Å². The number of carboxylic acids is 1. The van der Waals surface area contributed by atoms with Crippen LogP contribution in [0.1, 0.15) is 37.8 Å². The van der Waals surface area contributed by atoms with Crippen molar-refractivity contribution in [2.45, 2.75) is 39.3 Å². The standard InChI is InChI=1S/C15H20N2O2/c1-3-12(2)17(8-7-15(18)19)11-14-6-4-5-13(9-14)10-16/h4-6,9,12H,3,7-8,11H2,1-2H3,(H,18,19). The van der Waals surface area contributed by atoms with E-state index in [9.17, 15) is 4.79 Å². The second-order valence-electron chi connectivity index (χ2n) is 4.68. The van der Waals surface area contributed by atoms with Gasteiger partial charge in [0, 0.05) is 19.1 Å². The van der Waals surface area contributed by atoms with Gasteiger partial charge in [0.25, 0.3) is 0 Å². The lowest BCUT2D eigenvalue weighted by Crippen LogP contribution is -2.34. The van der Waals surface area contributed by atoms with E-state index in [1.54, 1.807) is 6.07 Å². The van der Waals surface area contributed by atoms with Crippen LogP contribution >= 0.6 is 0 Å². The number of aliphatic carboxylic acids is 1. The molecule has 0 spiro atoms. The molecule has 19 heavy (non-hydrogen) atoms. The second kappa shape index (κ2) is 7.55. The normalized spacial score (nSPS) is 12.1. The highest BCUT2D eigenvalue weighted by molar-refractivity contribution is 5.66. The van der Waals surface area contributed by atoms with Crippen LogP contribution in [0.4, 0.5) is 0 Å². The van der Waals surface area contributed by atoms with Gasteiger partial charge in [-0.05, 0) is 31.0 Å². The number of rotatable bonds is 7. The monoisotopic (exact) mass is 260 g/mol. The predicted octanol–water partition coefficient (Wildman–Crippen LogP) is 2.63. The molecule has 1 N–H and O–H groups in total. The average molecular weight is 260 g/mol. The van der Waals surface area contributed by atoms with Crippen LogP contribution in [0, 0.1) is 11.3 Å². The summed E-state index contributed by atoms with van der Waals surface area (Å²) in [6.07, 6.45) is 1.11. The summed E-state index contributed by atoms with van der Waals surface area (Å²) in [6.45, 7) is 5.39. The Morgan fingerprint density at radius 2 is 2.26 bits per heavy atom. The first-order valence-corrected chi connectivity index (χ1v) is 6.51. The molecular weight excluding hydrogens is 240 g/mol. The van der Waals surface area contributed by atoms with E-state index in [0.29, 0.717) is 24.7 Å². The van der Waals surface area contributed by atoms with Crippen LogP contribution < -0.4 is 0 Å². The lowest BCUT2D eigenvalue weighted by Gasteiger charge is -2.28. The molecule has 4 heteroatoms. The van der Waals surface area contributed by atoms with Crippen LogP contribution in [0.3, 0.4) is 0 Å². The number of carboxylic acid groups (broad SMARTS) is 1. The maximum absolute atomic E-state index is 10.7. The molecule has 0 aromatic heterocycles. The third-order valence-electron chi connectivity index (χ3n) is 3.27. The molecule has 0 aliphatic rings. The largest absolute Gasteiger partial charge is 0.481 e. The van der Waals surface area contributed by atoms with Crippen molar-refractivity contribution in [3.05, 3.63) is 35.4 Å². The van der Waals surface area contributed by atoms with E-state index in [1.807, 2.05) is 18.2 Å². The molecule has 0 radical (unpaired) electrons. The van der Waals surface area contributed by atoms with Crippen LogP contribution in [-0.4, -0.2) is 28.6 Å². The van der Waals surface area contributed by atoms with Gasteiger partial charge in [-0.2, -0.15) is 5.26 Å². The summed E-state index contributed by atoms with van der Waals surface area (Å²) in [4.78, 5) is 12.8. The van der Waals surface area contributed by atoms with Crippen molar-refractivity contribution in [3.8, 4) is 6.07 Å². The van der Waals surface area contributed by atoms with Crippen LogP contribution in [0.15, 0.2) is 24.3 Å². The Kier molecular flexibility index (Phi) is 6.04. The molecule has 0 heterocycles. The van der Waals surface area contributed by atoms with E-state index in [4.69, 9.17) is 10.4 Å². The topological polar surface area (TPSA) is 64.3 Å². The highest BCUT2D eigenvalue weighted by Gasteiger charge is 2.14. The Labute approximate surface area is 114 Å². The molecule has 4 nitrogen and oxygen atoms in total. The van der Waals surface area contributed by atoms with E-state index >= 15 is 0 Å². The Hall–Kier alpha value is -1.86. The van der Waals surface area contributed by atoms with Crippen LogP contribution in [-0.2, 0) is 11.3 Å². The summed E-state index contributed by atoms with van der Waals surface area (Å²) >= 11 is 0. The van der Waals surface area contributed by atoms with Crippen LogP contribution in [0.5, 0.6) is 0 Å². The van der Waals surface area contributed by atoms with Crippen molar-refractivity contribution in [3.63, 3.8) is 0 Å². The van der Waals surface area contributed by atoms with Crippen molar-refractivity contribution < 1.29 is 9.90 Å². The van der Waals surface area contributed by atoms with E-state index in [0.717, 1.165) is 12.0 Å². The van der Waals surface area contributed by atoms with Crippen molar-refractivity contribution in [1.82, 2.24) is 4.90 Å². The molecule has 0 saturated heterocycles. The molecule has 1 aromatic rings. The molecule has 1 atom stereocenters. The Bertz CT molecular complexity index is 465. The third-order valence-corrected chi connectivity index (χ3v) is 3.27. The van der Waals surface area contributed by atoms with Gasteiger partial charge >= 0.3 is 5.97 Å². The van der Waals surface area contributed by atoms with Gasteiger partial charge in [0.05, 0.1) is 18.1 Å². The average Bonchev–Trinajstić information content (AvgIpc) is 2.42. The number of nitrogens with zero attached hydrogens (tertiary/aromatic N) is 2. The summed E-state index contributed by atoms with van der Waals surface area (Å²) in [5.74, 6) is -0.779. The SMILES string of the molecule is CCC(C)N(CCC(=O)O)Cc1cccc(C#N)c1. The van der Waals surface area contributed by atoms with E-state index in [2.05, 4.69) is 24.8 Å². The maximum atomic E-state index is 10.7. The first-order valence-electron chi connectivity index (χ1n) is 6.51. The first kappa shape index (κ1) is 15.2. The smallest absolute Gasteiger partial charge is 0.304 e. The van der Waals surface area contributed by atoms with Gasteiger partial charge in [-0.3, -0.25) is 9.69 Å². The zero-order chi connectivity index (χ0) is 14.3. The molecular formula is C15H20N2O2. The molecule has 1 rings (SSSR count). The molecule has 0 amide bonds. The zero-order valence-corrected chi connectivity index (χ0v) is 11.5. The Morgan fingerprint density at radius 3 is 2.84 bits per heavy atom. The molecule has 0 aliphatic carbocycles. The zero-order valence-electron chi connectivity index (χ0n) is 11.5. The van der Waals surface area contributed by atoms with Crippen molar-refractivity contribution in [1.29, 1.82) is 5.26 Å². The molecule has 0 saturated carbocycles. The highest BCUT2D eigenvalue weighted by Crippen LogP contribution is 2.12. The van der Waals surface area contributed by atoms with Gasteiger partial charge in [0.15, 0.2) is 0 Å². The first-order chi connectivity index (χ1) is 9.06. The van der Waals surface area contributed by atoms with Crippen LogP contribution in [0.2, 0.25) is 0 Å². The number of nitriles is 1. The summed E-state index contributed by atoms with van der Waals surface area (Å²) in [5.41, 5.74) is 1.68. The summed E-state index contributed by atoms with van der Waals surface area (Å²) in [6, 6.07) is 9.91. The fraction of sp³-hybridized carbons (Fsp3) is 0.467. The molecule has 1 unspecified atom stereocenters. The minimum atomic E-state index is -0.779. The lowest BCUT2D eigenvalue weighted by atomic mass is 10.1. The van der Waals surface area contributed by atoms with E-state index < -0.39 is 5.97 Å². The van der Waals surface area contributed by atoms with Gasteiger partial charge in [-0.1, -0.05) is 19.1 Å². The second-order valence-corrected chi connectivity index (χ2v) is 4.68. The number of hydrogen-bond acceptors (Lipinski definition) is 3. The minimum absolute atomic E-state index is 0.141.